The second kappa shape index (κ2) is 11.6. The zero-order chi connectivity index (χ0) is 22.1. The molecule has 31 heavy (non-hydrogen) atoms. The van der Waals surface area contributed by atoms with Crippen LogP contribution in [-0.2, 0) is 9.59 Å². The number of carbonyl (C=O) groups excluding carboxylic acids is 3. The highest BCUT2D eigenvalue weighted by Crippen LogP contribution is 2.27. The number of benzene rings is 1. The molecule has 1 aliphatic carbocycles. The molecule has 1 aromatic heterocycles. The first kappa shape index (κ1) is 23.0. The number of rotatable bonds is 11. The van der Waals surface area contributed by atoms with Crippen LogP contribution in [0.15, 0.2) is 28.7 Å². The van der Waals surface area contributed by atoms with Gasteiger partial charge in [-0.05, 0) is 43.7 Å². The molecule has 7 heteroatoms. The summed E-state index contributed by atoms with van der Waals surface area (Å²) in [5.41, 5.74) is 1.32. The fourth-order valence-corrected chi connectivity index (χ4v) is 4.32. The van der Waals surface area contributed by atoms with Crippen LogP contribution in [0.1, 0.15) is 81.8 Å². The fraction of sp³-hybridized carbons (Fsp3) is 0.583. The van der Waals surface area contributed by atoms with Gasteiger partial charge in [0.05, 0.1) is 0 Å². The van der Waals surface area contributed by atoms with Crippen LogP contribution >= 0.6 is 0 Å². The highest BCUT2D eigenvalue weighted by atomic mass is 16.4. The fourth-order valence-electron chi connectivity index (χ4n) is 4.32. The Kier molecular flexibility index (Phi) is 8.62. The van der Waals surface area contributed by atoms with Crippen molar-refractivity contribution in [2.45, 2.75) is 77.2 Å². The topological polar surface area (TPSA) is 101 Å². The zero-order valence-corrected chi connectivity index (χ0v) is 18.3. The number of para-hydroxylation sites is 2. The van der Waals surface area contributed by atoms with Crippen LogP contribution in [0.5, 0.6) is 0 Å². The van der Waals surface area contributed by atoms with E-state index in [4.69, 9.17) is 4.42 Å². The van der Waals surface area contributed by atoms with E-state index < -0.39 is 0 Å². The van der Waals surface area contributed by atoms with Gasteiger partial charge in [-0.3, -0.25) is 14.4 Å². The molecule has 1 fully saturated rings. The summed E-state index contributed by atoms with van der Waals surface area (Å²) in [5, 5.41) is 5.93. The molecule has 0 bridgehead atoms. The Hall–Kier alpha value is -2.70. The van der Waals surface area contributed by atoms with Crippen molar-refractivity contribution in [2.24, 2.45) is 5.92 Å². The third-order valence-corrected chi connectivity index (χ3v) is 5.95. The number of nitrogens with one attached hydrogen (secondary N) is 2. The summed E-state index contributed by atoms with van der Waals surface area (Å²) in [6, 6.07) is 7.26. The first-order chi connectivity index (χ1) is 15.0. The lowest BCUT2D eigenvalue weighted by atomic mass is 9.82. The van der Waals surface area contributed by atoms with Crippen molar-refractivity contribution in [1.29, 1.82) is 0 Å². The minimum Gasteiger partial charge on any atom is -0.434 e. The van der Waals surface area contributed by atoms with Gasteiger partial charge in [0.2, 0.25) is 17.6 Å². The zero-order valence-electron chi connectivity index (χ0n) is 18.3. The maximum absolute atomic E-state index is 12.4. The predicted molar refractivity (Wildman–Crippen MR) is 119 cm³/mol. The van der Waals surface area contributed by atoms with Crippen molar-refractivity contribution in [3.63, 3.8) is 0 Å². The average molecular weight is 428 g/mol. The van der Waals surface area contributed by atoms with E-state index in [0.717, 1.165) is 32.1 Å². The molecule has 1 heterocycles. The van der Waals surface area contributed by atoms with E-state index in [1.165, 1.54) is 26.2 Å². The normalized spacial score (nSPS) is 15.5. The van der Waals surface area contributed by atoms with E-state index in [-0.39, 0.29) is 29.5 Å². The van der Waals surface area contributed by atoms with Crippen molar-refractivity contribution < 1.29 is 18.8 Å². The number of oxazole rings is 1. The number of nitrogens with zero attached hydrogens (tertiary/aromatic N) is 1. The highest BCUT2D eigenvalue weighted by Gasteiger charge is 2.26. The summed E-state index contributed by atoms with van der Waals surface area (Å²) in [6.45, 7) is 2.09. The summed E-state index contributed by atoms with van der Waals surface area (Å²) in [7, 11) is 0. The van der Waals surface area contributed by atoms with Crippen LogP contribution in [0.2, 0.25) is 0 Å². The molecule has 7 nitrogen and oxygen atoms in total. The van der Waals surface area contributed by atoms with Crippen molar-refractivity contribution in [3.05, 3.63) is 30.2 Å². The van der Waals surface area contributed by atoms with E-state index in [0.29, 0.717) is 36.4 Å². The van der Waals surface area contributed by atoms with Gasteiger partial charge in [0, 0.05) is 32.4 Å². The van der Waals surface area contributed by atoms with Crippen molar-refractivity contribution in [1.82, 2.24) is 15.6 Å². The number of aromatic nitrogens is 1. The van der Waals surface area contributed by atoms with Gasteiger partial charge in [0.1, 0.15) is 5.52 Å². The Morgan fingerprint density at radius 2 is 1.87 bits per heavy atom. The van der Waals surface area contributed by atoms with Gasteiger partial charge in [-0.15, -0.1) is 0 Å². The first-order valence-corrected chi connectivity index (χ1v) is 11.5. The van der Waals surface area contributed by atoms with Crippen molar-refractivity contribution in [3.8, 4) is 0 Å². The average Bonchev–Trinajstić information content (AvgIpc) is 3.20. The van der Waals surface area contributed by atoms with E-state index in [9.17, 15) is 14.4 Å². The van der Waals surface area contributed by atoms with E-state index in [2.05, 4.69) is 15.6 Å². The number of ketones is 1. The van der Waals surface area contributed by atoms with E-state index in [1.54, 1.807) is 6.07 Å². The second-order valence-electron chi connectivity index (χ2n) is 8.48. The number of fused-ring (bicyclic) bond motifs is 1. The molecular formula is C24H33N3O4. The summed E-state index contributed by atoms with van der Waals surface area (Å²) in [5.74, 6) is 0.368. The van der Waals surface area contributed by atoms with E-state index >= 15 is 0 Å². The number of hydrogen-bond donors (Lipinski definition) is 2. The Morgan fingerprint density at radius 1 is 1.10 bits per heavy atom. The van der Waals surface area contributed by atoms with Crippen LogP contribution in [0.25, 0.3) is 11.1 Å². The van der Waals surface area contributed by atoms with Gasteiger partial charge in [0.25, 0.3) is 5.89 Å². The third-order valence-electron chi connectivity index (χ3n) is 5.95. The Labute approximate surface area is 183 Å². The van der Waals surface area contributed by atoms with Crippen molar-refractivity contribution >= 4 is 28.7 Å². The monoisotopic (exact) mass is 427 g/mol. The molecule has 0 aliphatic heterocycles. The molecule has 1 saturated carbocycles. The number of carbonyl (C=O) groups is 3. The SMILES string of the molecule is CC(=O)NC(CC(=O)NCCCCCC(=O)c1nc2ccccc2o1)C1CCCCC1. The number of hydrogen-bond acceptors (Lipinski definition) is 5. The Bertz CT molecular complexity index is 853. The summed E-state index contributed by atoms with van der Waals surface area (Å²) in [6.07, 6.45) is 8.82. The maximum Gasteiger partial charge on any atom is 0.264 e. The molecule has 0 saturated heterocycles. The molecule has 1 aromatic carbocycles. The van der Waals surface area contributed by atoms with Gasteiger partial charge in [-0.2, -0.15) is 0 Å². The number of amides is 2. The predicted octanol–water partition coefficient (Wildman–Crippen LogP) is 4.16. The minimum atomic E-state index is -0.0918. The molecule has 2 N–H and O–H groups in total. The molecule has 168 valence electrons. The molecular weight excluding hydrogens is 394 g/mol. The molecule has 0 spiro atoms. The lowest BCUT2D eigenvalue weighted by Crippen LogP contribution is -2.43. The first-order valence-electron chi connectivity index (χ1n) is 11.5. The van der Waals surface area contributed by atoms with Crippen LogP contribution in [0, 0.1) is 5.92 Å². The lowest BCUT2D eigenvalue weighted by Gasteiger charge is -2.30. The summed E-state index contributed by atoms with van der Waals surface area (Å²) >= 11 is 0. The second-order valence-corrected chi connectivity index (χ2v) is 8.48. The van der Waals surface area contributed by atoms with Gasteiger partial charge >= 0.3 is 0 Å². The molecule has 1 unspecified atom stereocenters. The van der Waals surface area contributed by atoms with Gasteiger partial charge < -0.3 is 15.1 Å². The maximum atomic E-state index is 12.4. The summed E-state index contributed by atoms with van der Waals surface area (Å²) < 4.78 is 5.51. The van der Waals surface area contributed by atoms with Crippen LogP contribution in [0.3, 0.4) is 0 Å². The number of unbranched alkanes of at least 4 members (excludes halogenated alkanes) is 2. The third kappa shape index (κ3) is 7.19. The van der Waals surface area contributed by atoms with Gasteiger partial charge in [0.15, 0.2) is 5.58 Å². The van der Waals surface area contributed by atoms with Gasteiger partial charge in [-0.1, -0.05) is 37.8 Å². The largest absolute Gasteiger partial charge is 0.434 e. The van der Waals surface area contributed by atoms with Gasteiger partial charge in [-0.25, -0.2) is 4.98 Å². The Morgan fingerprint density at radius 3 is 2.61 bits per heavy atom. The number of Topliss-reactive ketones (excluding diaryl/α,β-unsaturated/α-hetero) is 1. The molecule has 0 radical (unpaired) electrons. The van der Waals surface area contributed by atoms with E-state index in [1.807, 2.05) is 18.2 Å². The molecule has 3 rings (SSSR count). The molecule has 1 aliphatic rings. The van der Waals surface area contributed by atoms with Crippen molar-refractivity contribution in [2.75, 3.05) is 6.54 Å². The van der Waals surface area contributed by atoms with Crippen LogP contribution < -0.4 is 10.6 Å². The lowest BCUT2D eigenvalue weighted by molar-refractivity contribution is -0.123. The van der Waals surface area contributed by atoms with Crippen LogP contribution in [0.4, 0.5) is 0 Å². The van der Waals surface area contributed by atoms with Crippen LogP contribution in [-0.4, -0.2) is 35.2 Å². The molecule has 2 amide bonds. The Balaban J connectivity index is 1.32. The molecule has 2 aromatic rings. The molecule has 1 atom stereocenters. The quantitative estimate of drug-likeness (QED) is 0.414. The highest BCUT2D eigenvalue weighted by molar-refractivity contribution is 5.94. The standard InChI is InChI=1S/C24H33N3O4/c1-17(28)26-20(18-10-4-2-5-11-18)16-23(30)25-15-9-3-6-13-21(29)24-27-19-12-7-8-14-22(19)31-24/h7-8,12,14,18,20H,2-6,9-11,13,15-16H2,1H3,(H,25,30)(H,26,28). The smallest absolute Gasteiger partial charge is 0.264 e. The summed E-state index contributed by atoms with van der Waals surface area (Å²) in [4.78, 5) is 40.4. The minimum absolute atomic E-state index is 0.0214.